The average Bonchev–Trinajstić information content (AvgIpc) is 3.21. The summed E-state index contributed by atoms with van der Waals surface area (Å²) in [7, 11) is 0. The SMILES string of the molecule is N/N=C(\c1cccc(C(=O)O)c1)c1nc2nonc2nc1NCc1ccccc1. The number of nitrogens with zero attached hydrogens (tertiary/aromatic N) is 5. The summed E-state index contributed by atoms with van der Waals surface area (Å²) in [6, 6.07) is 15.9. The summed E-state index contributed by atoms with van der Waals surface area (Å²) in [5.41, 5.74) is 2.55. The Labute approximate surface area is 164 Å². The Kier molecular flexibility index (Phi) is 4.81. The van der Waals surface area contributed by atoms with Gasteiger partial charge in [0.05, 0.1) is 5.56 Å². The average molecular weight is 389 g/mol. The number of rotatable bonds is 6. The van der Waals surface area contributed by atoms with Gasteiger partial charge in [-0.05, 0) is 28.0 Å². The molecular formula is C19H15N7O3. The standard InChI is InChI=1S/C19H15N7O3/c20-24-14(12-7-4-8-13(9-12)19(27)28)15-16(21-10-11-5-2-1-3-6-11)23-18-17(22-15)25-29-26-18/h1-9H,10,20H2,(H,27,28)(H,21,23,26)/b24-14+. The summed E-state index contributed by atoms with van der Waals surface area (Å²) in [6.45, 7) is 0.465. The zero-order chi connectivity index (χ0) is 20.2. The van der Waals surface area contributed by atoms with Crippen molar-refractivity contribution in [2.45, 2.75) is 6.54 Å². The fraction of sp³-hybridized carbons (Fsp3) is 0.0526. The molecule has 2 aromatic heterocycles. The lowest BCUT2D eigenvalue weighted by molar-refractivity contribution is 0.0697. The number of carboxylic acids is 1. The number of nitrogens with two attached hydrogens (primary N) is 1. The number of fused-ring (bicyclic) bond motifs is 1. The van der Waals surface area contributed by atoms with Crippen LogP contribution in [0.15, 0.2) is 64.3 Å². The molecule has 0 aliphatic rings. The third-order valence-corrected chi connectivity index (χ3v) is 4.15. The van der Waals surface area contributed by atoms with Crippen molar-refractivity contribution >= 4 is 28.8 Å². The van der Waals surface area contributed by atoms with Gasteiger partial charge in [0.2, 0.25) is 11.3 Å². The maximum atomic E-state index is 11.3. The first-order valence-electron chi connectivity index (χ1n) is 8.56. The van der Waals surface area contributed by atoms with Crippen LogP contribution in [0, 0.1) is 0 Å². The number of anilines is 1. The van der Waals surface area contributed by atoms with Gasteiger partial charge in [0.25, 0.3) is 0 Å². The molecule has 0 amide bonds. The third kappa shape index (κ3) is 3.72. The van der Waals surface area contributed by atoms with Crippen LogP contribution in [-0.4, -0.2) is 37.1 Å². The molecule has 2 aromatic carbocycles. The Bertz CT molecular complexity index is 1200. The van der Waals surface area contributed by atoms with Crippen LogP contribution < -0.4 is 11.2 Å². The Hall–Kier alpha value is -4.34. The van der Waals surface area contributed by atoms with E-state index in [1.807, 2.05) is 30.3 Å². The van der Waals surface area contributed by atoms with Crippen molar-refractivity contribution in [1.29, 1.82) is 0 Å². The largest absolute Gasteiger partial charge is 0.478 e. The van der Waals surface area contributed by atoms with Gasteiger partial charge in [-0.1, -0.05) is 42.5 Å². The minimum Gasteiger partial charge on any atom is -0.478 e. The smallest absolute Gasteiger partial charge is 0.335 e. The van der Waals surface area contributed by atoms with Gasteiger partial charge in [0.15, 0.2) is 5.82 Å². The van der Waals surface area contributed by atoms with Crippen LogP contribution in [0.5, 0.6) is 0 Å². The molecule has 144 valence electrons. The van der Waals surface area contributed by atoms with Crippen molar-refractivity contribution in [3.05, 3.63) is 77.0 Å². The van der Waals surface area contributed by atoms with E-state index in [2.05, 4.69) is 30.7 Å². The molecule has 0 aliphatic carbocycles. The van der Waals surface area contributed by atoms with Crippen LogP contribution in [0.25, 0.3) is 11.3 Å². The van der Waals surface area contributed by atoms with Gasteiger partial charge in [0, 0.05) is 12.1 Å². The zero-order valence-corrected chi connectivity index (χ0v) is 15.0. The molecule has 29 heavy (non-hydrogen) atoms. The summed E-state index contributed by atoms with van der Waals surface area (Å²) in [5, 5.41) is 23.7. The first-order chi connectivity index (χ1) is 14.2. The number of aromatic carboxylic acids is 1. The highest BCUT2D eigenvalue weighted by atomic mass is 16.6. The summed E-state index contributed by atoms with van der Waals surface area (Å²) in [5.74, 6) is 4.94. The highest BCUT2D eigenvalue weighted by Gasteiger charge is 2.20. The lowest BCUT2D eigenvalue weighted by Crippen LogP contribution is -2.15. The Morgan fingerprint density at radius 3 is 2.48 bits per heavy atom. The molecule has 0 unspecified atom stereocenters. The Morgan fingerprint density at radius 1 is 1.03 bits per heavy atom. The van der Waals surface area contributed by atoms with Crippen LogP contribution in [0.1, 0.15) is 27.2 Å². The third-order valence-electron chi connectivity index (χ3n) is 4.15. The second-order valence-corrected chi connectivity index (χ2v) is 6.04. The molecule has 0 bridgehead atoms. The van der Waals surface area contributed by atoms with E-state index in [9.17, 15) is 9.90 Å². The lowest BCUT2D eigenvalue weighted by atomic mass is 10.0. The lowest BCUT2D eigenvalue weighted by Gasteiger charge is -2.12. The summed E-state index contributed by atoms with van der Waals surface area (Å²) < 4.78 is 4.71. The Balaban J connectivity index is 1.78. The van der Waals surface area contributed by atoms with E-state index in [1.165, 1.54) is 12.1 Å². The molecule has 10 nitrogen and oxygen atoms in total. The molecule has 0 atom stereocenters. The number of hydrogen-bond donors (Lipinski definition) is 3. The topological polar surface area (TPSA) is 152 Å². The van der Waals surface area contributed by atoms with Gasteiger partial charge >= 0.3 is 5.97 Å². The van der Waals surface area contributed by atoms with Crippen molar-refractivity contribution in [2.24, 2.45) is 10.9 Å². The second-order valence-electron chi connectivity index (χ2n) is 6.04. The first kappa shape index (κ1) is 18.0. The number of hydrazone groups is 1. The summed E-state index contributed by atoms with van der Waals surface area (Å²) >= 11 is 0. The van der Waals surface area contributed by atoms with E-state index in [0.29, 0.717) is 23.6 Å². The van der Waals surface area contributed by atoms with Crippen LogP contribution in [-0.2, 0) is 6.54 Å². The molecule has 10 heteroatoms. The minimum atomic E-state index is -1.06. The quantitative estimate of drug-likeness (QED) is 0.255. The number of carbonyl (C=O) groups is 1. The maximum absolute atomic E-state index is 11.3. The summed E-state index contributed by atoms with van der Waals surface area (Å²) in [6.07, 6.45) is 0. The highest BCUT2D eigenvalue weighted by Crippen LogP contribution is 2.20. The molecule has 4 rings (SSSR count). The van der Waals surface area contributed by atoms with E-state index >= 15 is 0 Å². The van der Waals surface area contributed by atoms with E-state index in [-0.39, 0.29) is 22.6 Å². The molecule has 0 fully saturated rings. The molecule has 0 radical (unpaired) electrons. The van der Waals surface area contributed by atoms with Crippen molar-refractivity contribution in [3.8, 4) is 0 Å². The van der Waals surface area contributed by atoms with E-state index in [0.717, 1.165) is 5.56 Å². The normalized spacial score (nSPS) is 11.5. The maximum Gasteiger partial charge on any atom is 0.335 e. The van der Waals surface area contributed by atoms with Crippen molar-refractivity contribution in [3.63, 3.8) is 0 Å². The van der Waals surface area contributed by atoms with E-state index in [1.54, 1.807) is 12.1 Å². The predicted molar refractivity (Wildman–Crippen MR) is 104 cm³/mol. The second kappa shape index (κ2) is 7.72. The van der Waals surface area contributed by atoms with E-state index < -0.39 is 5.97 Å². The van der Waals surface area contributed by atoms with Gasteiger partial charge in [-0.2, -0.15) is 5.10 Å². The first-order valence-corrected chi connectivity index (χ1v) is 8.56. The number of carboxylic acid groups (broad SMARTS) is 1. The molecule has 0 saturated heterocycles. The van der Waals surface area contributed by atoms with Gasteiger partial charge in [-0.25, -0.2) is 19.4 Å². The molecule has 0 aliphatic heterocycles. The van der Waals surface area contributed by atoms with Crippen molar-refractivity contribution in [2.75, 3.05) is 5.32 Å². The minimum absolute atomic E-state index is 0.0968. The molecule has 4 aromatic rings. The van der Waals surface area contributed by atoms with Gasteiger partial charge in [-0.15, -0.1) is 0 Å². The molecule has 2 heterocycles. The van der Waals surface area contributed by atoms with Crippen LogP contribution in [0.3, 0.4) is 0 Å². The predicted octanol–water partition coefficient (Wildman–Crippen LogP) is 2.03. The zero-order valence-electron chi connectivity index (χ0n) is 15.0. The van der Waals surface area contributed by atoms with Gasteiger partial charge in [-0.3, -0.25) is 0 Å². The molecule has 4 N–H and O–H groups in total. The van der Waals surface area contributed by atoms with Crippen LogP contribution in [0.2, 0.25) is 0 Å². The van der Waals surface area contributed by atoms with Gasteiger partial charge < -0.3 is 16.3 Å². The van der Waals surface area contributed by atoms with E-state index in [4.69, 9.17) is 10.5 Å². The monoisotopic (exact) mass is 389 g/mol. The fourth-order valence-corrected chi connectivity index (χ4v) is 2.78. The van der Waals surface area contributed by atoms with Gasteiger partial charge in [0.1, 0.15) is 11.4 Å². The van der Waals surface area contributed by atoms with Crippen LogP contribution in [0.4, 0.5) is 5.82 Å². The molecule has 0 spiro atoms. The highest BCUT2D eigenvalue weighted by molar-refractivity contribution is 6.15. The number of hydrogen-bond acceptors (Lipinski definition) is 9. The molecule has 0 saturated carbocycles. The Morgan fingerprint density at radius 2 is 1.76 bits per heavy atom. The van der Waals surface area contributed by atoms with Crippen molar-refractivity contribution in [1.82, 2.24) is 20.3 Å². The summed E-state index contributed by atoms with van der Waals surface area (Å²) in [4.78, 5) is 20.2. The molecular weight excluding hydrogens is 374 g/mol. The fourth-order valence-electron chi connectivity index (χ4n) is 2.78. The van der Waals surface area contributed by atoms with Crippen LogP contribution >= 0.6 is 0 Å². The number of aromatic nitrogens is 4. The number of benzene rings is 2. The number of nitrogens with one attached hydrogen (secondary N) is 1. The van der Waals surface area contributed by atoms with Crippen molar-refractivity contribution < 1.29 is 14.5 Å².